The number of nitrogens with one attached hydrogen (secondary N) is 1. The summed E-state index contributed by atoms with van der Waals surface area (Å²) in [7, 11) is 0. The third-order valence-corrected chi connectivity index (χ3v) is 2.92. The number of nitrogens with zero attached hydrogens (tertiary/aromatic N) is 2. The van der Waals surface area contributed by atoms with Crippen molar-refractivity contribution in [2.24, 2.45) is 0 Å². The third-order valence-electron chi connectivity index (χ3n) is 2.70. The van der Waals surface area contributed by atoms with Gasteiger partial charge in [-0.05, 0) is 30.3 Å². The van der Waals surface area contributed by atoms with Crippen molar-refractivity contribution in [1.29, 1.82) is 0 Å². The van der Waals surface area contributed by atoms with Gasteiger partial charge in [-0.25, -0.2) is 4.68 Å². The predicted octanol–water partition coefficient (Wildman–Crippen LogP) is 3.59. The molecule has 0 saturated heterocycles. The second-order valence-corrected chi connectivity index (χ2v) is 3.95. The van der Waals surface area contributed by atoms with E-state index < -0.39 is 0 Å². The van der Waals surface area contributed by atoms with E-state index in [1.54, 1.807) is 0 Å². The molecular weight excluding hydrogens is 234 g/mol. The van der Waals surface area contributed by atoms with Gasteiger partial charge in [0, 0.05) is 22.9 Å². The summed E-state index contributed by atoms with van der Waals surface area (Å²) >= 11 is 5.53. The Balaban J connectivity index is 2.13. The van der Waals surface area contributed by atoms with Gasteiger partial charge >= 0.3 is 0 Å². The standard InChI is InChI=1S/C13H10ClN3/c14-16-11-5-7-12(8-6-11)17-13-4-2-1-3-10(13)9-15-17/h1-9,16H. The second-order valence-electron chi connectivity index (χ2n) is 3.76. The van der Waals surface area contributed by atoms with Gasteiger partial charge in [-0.1, -0.05) is 18.2 Å². The summed E-state index contributed by atoms with van der Waals surface area (Å²) in [5.41, 5.74) is 2.98. The minimum atomic E-state index is 0.867. The fourth-order valence-electron chi connectivity index (χ4n) is 1.84. The van der Waals surface area contributed by atoms with Crippen LogP contribution in [0.15, 0.2) is 54.7 Å². The van der Waals surface area contributed by atoms with E-state index in [-0.39, 0.29) is 0 Å². The van der Waals surface area contributed by atoms with Gasteiger partial charge in [-0.2, -0.15) is 5.10 Å². The van der Waals surface area contributed by atoms with Crippen molar-refractivity contribution in [2.45, 2.75) is 0 Å². The van der Waals surface area contributed by atoms with Crippen LogP contribution in [0.3, 0.4) is 0 Å². The summed E-state index contributed by atoms with van der Waals surface area (Å²) in [6, 6.07) is 15.9. The molecule has 0 fully saturated rings. The molecule has 1 N–H and O–H groups in total. The van der Waals surface area contributed by atoms with Crippen molar-refractivity contribution in [2.75, 3.05) is 4.84 Å². The molecule has 3 nitrogen and oxygen atoms in total. The van der Waals surface area contributed by atoms with Crippen molar-refractivity contribution in [3.63, 3.8) is 0 Å². The fourth-order valence-corrected chi connectivity index (χ4v) is 1.97. The van der Waals surface area contributed by atoms with E-state index in [1.807, 2.05) is 53.3 Å². The van der Waals surface area contributed by atoms with Crippen LogP contribution in [-0.4, -0.2) is 9.78 Å². The van der Waals surface area contributed by atoms with Gasteiger partial charge in [0.15, 0.2) is 0 Å². The van der Waals surface area contributed by atoms with Crippen LogP contribution in [0.25, 0.3) is 16.6 Å². The van der Waals surface area contributed by atoms with E-state index in [4.69, 9.17) is 11.8 Å². The zero-order chi connectivity index (χ0) is 11.7. The first-order chi connectivity index (χ1) is 8.38. The number of hydrogen-bond acceptors (Lipinski definition) is 2. The summed E-state index contributed by atoms with van der Waals surface area (Å²) in [6.45, 7) is 0. The van der Waals surface area contributed by atoms with Crippen LogP contribution < -0.4 is 4.84 Å². The molecule has 0 atom stereocenters. The van der Waals surface area contributed by atoms with Crippen LogP contribution in [-0.2, 0) is 0 Å². The maximum absolute atomic E-state index is 5.53. The van der Waals surface area contributed by atoms with Gasteiger partial charge in [0.25, 0.3) is 0 Å². The summed E-state index contributed by atoms with van der Waals surface area (Å²) in [6.07, 6.45) is 1.86. The lowest BCUT2D eigenvalue weighted by Gasteiger charge is -2.04. The van der Waals surface area contributed by atoms with Crippen LogP contribution in [0.2, 0.25) is 0 Å². The molecule has 0 radical (unpaired) electrons. The van der Waals surface area contributed by atoms with Crippen LogP contribution in [0.4, 0.5) is 5.69 Å². The first-order valence-electron chi connectivity index (χ1n) is 5.28. The molecule has 0 amide bonds. The van der Waals surface area contributed by atoms with Gasteiger partial charge in [0.2, 0.25) is 0 Å². The Morgan fingerprint density at radius 2 is 1.76 bits per heavy atom. The molecule has 17 heavy (non-hydrogen) atoms. The van der Waals surface area contributed by atoms with E-state index in [1.165, 1.54) is 0 Å². The van der Waals surface area contributed by atoms with E-state index in [0.717, 1.165) is 22.3 Å². The molecule has 0 bridgehead atoms. The maximum Gasteiger partial charge on any atom is 0.0741 e. The molecule has 4 heteroatoms. The van der Waals surface area contributed by atoms with Crippen molar-refractivity contribution >= 4 is 28.4 Å². The second kappa shape index (κ2) is 4.11. The smallest absolute Gasteiger partial charge is 0.0741 e. The minimum Gasteiger partial charge on any atom is -0.299 e. The fraction of sp³-hybridized carbons (Fsp3) is 0. The molecule has 3 rings (SSSR count). The van der Waals surface area contributed by atoms with Crippen molar-refractivity contribution in [3.05, 3.63) is 54.7 Å². The Morgan fingerprint density at radius 3 is 2.53 bits per heavy atom. The van der Waals surface area contributed by atoms with Crippen LogP contribution in [0.5, 0.6) is 0 Å². The lowest BCUT2D eigenvalue weighted by molar-refractivity contribution is 0.911. The average molecular weight is 244 g/mol. The highest BCUT2D eigenvalue weighted by Crippen LogP contribution is 2.19. The van der Waals surface area contributed by atoms with Crippen LogP contribution >= 0.6 is 11.8 Å². The van der Waals surface area contributed by atoms with E-state index in [2.05, 4.69) is 16.0 Å². The van der Waals surface area contributed by atoms with Crippen molar-refractivity contribution in [3.8, 4) is 5.69 Å². The molecule has 0 aliphatic carbocycles. The monoisotopic (exact) mass is 243 g/mol. The SMILES string of the molecule is ClNc1ccc(-n2ncc3ccccc32)cc1. The van der Waals surface area contributed by atoms with Crippen LogP contribution in [0, 0.1) is 0 Å². The molecule has 84 valence electrons. The Hall–Kier alpha value is -2.00. The predicted molar refractivity (Wildman–Crippen MR) is 70.5 cm³/mol. The number of halogens is 1. The summed E-state index contributed by atoms with van der Waals surface area (Å²) < 4.78 is 1.91. The molecule has 1 aromatic heterocycles. The molecule has 1 heterocycles. The Kier molecular flexibility index (Phi) is 2.46. The molecule has 0 unspecified atom stereocenters. The van der Waals surface area contributed by atoms with Crippen LogP contribution in [0.1, 0.15) is 0 Å². The number of anilines is 1. The zero-order valence-electron chi connectivity index (χ0n) is 8.97. The Labute approximate surface area is 104 Å². The molecule has 2 aromatic carbocycles. The zero-order valence-corrected chi connectivity index (χ0v) is 9.72. The van der Waals surface area contributed by atoms with Crippen molar-refractivity contribution < 1.29 is 0 Å². The number of hydrogen-bond donors (Lipinski definition) is 1. The lowest BCUT2D eigenvalue weighted by Crippen LogP contribution is -1.95. The molecular formula is C13H10ClN3. The highest BCUT2D eigenvalue weighted by Gasteiger charge is 2.03. The summed E-state index contributed by atoms with van der Waals surface area (Å²) in [5, 5.41) is 5.52. The Bertz CT molecular complexity index is 643. The highest BCUT2D eigenvalue weighted by molar-refractivity contribution is 6.23. The molecule has 0 saturated carbocycles. The van der Waals surface area contributed by atoms with E-state index in [0.29, 0.717) is 0 Å². The first-order valence-corrected chi connectivity index (χ1v) is 5.66. The summed E-state index contributed by atoms with van der Waals surface area (Å²) in [5.74, 6) is 0. The Morgan fingerprint density at radius 1 is 1.00 bits per heavy atom. The number of para-hydroxylation sites is 1. The number of rotatable bonds is 2. The molecule has 0 aliphatic rings. The molecule has 0 aliphatic heterocycles. The van der Waals surface area contributed by atoms with Gasteiger partial charge in [0.05, 0.1) is 17.4 Å². The van der Waals surface area contributed by atoms with Gasteiger partial charge in [-0.3, -0.25) is 4.84 Å². The quantitative estimate of drug-likeness (QED) is 0.697. The third kappa shape index (κ3) is 1.74. The van der Waals surface area contributed by atoms with Gasteiger partial charge in [0.1, 0.15) is 0 Å². The average Bonchev–Trinajstić information content (AvgIpc) is 2.83. The lowest BCUT2D eigenvalue weighted by atomic mass is 10.2. The molecule has 3 aromatic rings. The number of benzene rings is 2. The first kappa shape index (κ1) is 10.2. The van der Waals surface area contributed by atoms with Gasteiger partial charge in [-0.15, -0.1) is 0 Å². The topological polar surface area (TPSA) is 29.9 Å². The van der Waals surface area contributed by atoms with E-state index in [9.17, 15) is 0 Å². The van der Waals surface area contributed by atoms with Crippen molar-refractivity contribution in [1.82, 2.24) is 9.78 Å². The minimum absolute atomic E-state index is 0.867. The summed E-state index contributed by atoms with van der Waals surface area (Å²) in [4.78, 5) is 2.58. The molecule has 0 spiro atoms. The maximum atomic E-state index is 5.53. The van der Waals surface area contributed by atoms with E-state index >= 15 is 0 Å². The largest absolute Gasteiger partial charge is 0.299 e. The normalized spacial score (nSPS) is 10.6. The number of aromatic nitrogens is 2. The number of fused-ring (bicyclic) bond motifs is 1. The van der Waals surface area contributed by atoms with Gasteiger partial charge < -0.3 is 0 Å². The highest BCUT2D eigenvalue weighted by atomic mass is 35.5.